The number of carbonyl (C=O) groups is 1. The Morgan fingerprint density at radius 2 is 1.97 bits per heavy atom. The largest absolute Gasteiger partial charge is 0.374 e. The fourth-order valence-electron chi connectivity index (χ4n) is 4.30. The molecule has 3 heterocycles. The molecule has 2 aromatic rings. The zero-order chi connectivity index (χ0) is 22.6. The van der Waals surface area contributed by atoms with Gasteiger partial charge in [-0.3, -0.25) is 9.69 Å². The third-order valence-corrected chi connectivity index (χ3v) is 9.37. The maximum absolute atomic E-state index is 12.9. The molecule has 0 spiro atoms. The van der Waals surface area contributed by atoms with Gasteiger partial charge in [0.15, 0.2) is 0 Å². The molecular weight excluding hydrogens is 446 g/mol. The molecule has 7 nitrogen and oxygen atoms in total. The van der Waals surface area contributed by atoms with Gasteiger partial charge in [-0.25, -0.2) is 8.42 Å². The van der Waals surface area contributed by atoms with Gasteiger partial charge in [0.05, 0.1) is 18.6 Å². The highest BCUT2D eigenvalue weighted by atomic mass is 32.2. The van der Waals surface area contributed by atoms with Gasteiger partial charge in [-0.2, -0.15) is 4.31 Å². The number of benzene rings is 1. The Labute approximate surface area is 194 Å². The molecule has 1 aromatic carbocycles. The van der Waals surface area contributed by atoms with Crippen LogP contribution in [0.25, 0.3) is 0 Å². The van der Waals surface area contributed by atoms with Gasteiger partial charge in [0.2, 0.25) is 5.91 Å². The number of nitrogens with one attached hydrogen (secondary N) is 1. The summed E-state index contributed by atoms with van der Waals surface area (Å²) in [5.41, 5.74) is 1.27. The number of piperidine rings is 1. The predicted octanol–water partition coefficient (Wildman–Crippen LogP) is 2.47. The van der Waals surface area contributed by atoms with E-state index in [1.807, 2.05) is 31.2 Å². The second-order valence-corrected chi connectivity index (χ2v) is 12.0. The third kappa shape index (κ3) is 5.77. The Morgan fingerprint density at radius 1 is 1.16 bits per heavy atom. The summed E-state index contributed by atoms with van der Waals surface area (Å²) >= 11 is 1.28. The van der Waals surface area contributed by atoms with Gasteiger partial charge in [0.1, 0.15) is 4.21 Å². The molecule has 0 aliphatic carbocycles. The van der Waals surface area contributed by atoms with Crippen molar-refractivity contribution in [1.82, 2.24) is 14.5 Å². The molecule has 2 aliphatic rings. The number of rotatable bonds is 7. The Morgan fingerprint density at radius 3 is 2.72 bits per heavy atom. The number of carbonyl (C=O) groups excluding carboxylic acids is 1. The third-order valence-electron chi connectivity index (χ3n) is 6.04. The summed E-state index contributed by atoms with van der Waals surface area (Å²) in [5, 5.41) is 3.01. The van der Waals surface area contributed by atoms with Crippen molar-refractivity contribution in [2.24, 2.45) is 5.92 Å². The lowest BCUT2D eigenvalue weighted by atomic mass is 9.99. The molecule has 9 heteroatoms. The van der Waals surface area contributed by atoms with Crippen molar-refractivity contribution in [3.63, 3.8) is 0 Å². The summed E-state index contributed by atoms with van der Waals surface area (Å²) in [4.78, 5) is 16.1. The summed E-state index contributed by atoms with van der Waals surface area (Å²) in [7, 11) is -3.54. The van der Waals surface area contributed by atoms with E-state index >= 15 is 0 Å². The van der Waals surface area contributed by atoms with Crippen molar-refractivity contribution in [3.05, 3.63) is 52.9 Å². The number of amides is 1. The standard InChI is InChI=1S/C23H31N3O4S2/c1-18-9-10-22(31-18)32(28,29)26-11-5-8-20(16-26)23(27)24-14-21-17-25(12-13-30-21)15-19-6-3-2-4-7-19/h2-4,6-7,9-10,20-21H,5,8,11-17H2,1H3,(H,24,27). The molecule has 174 valence electrons. The summed E-state index contributed by atoms with van der Waals surface area (Å²) in [6.45, 7) is 6.17. The van der Waals surface area contributed by atoms with Crippen LogP contribution in [0.3, 0.4) is 0 Å². The van der Waals surface area contributed by atoms with Gasteiger partial charge >= 0.3 is 0 Å². The van der Waals surface area contributed by atoms with E-state index in [4.69, 9.17) is 4.74 Å². The van der Waals surface area contributed by atoms with Gasteiger partial charge in [-0.1, -0.05) is 30.3 Å². The topological polar surface area (TPSA) is 79.0 Å². The minimum atomic E-state index is -3.54. The number of ether oxygens (including phenoxy) is 1. The molecule has 2 unspecified atom stereocenters. The van der Waals surface area contributed by atoms with Crippen molar-refractivity contribution >= 4 is 27.3 Å². The zero-order valence-electron chi connectivity index (χ0n) is 18.4. The molecule has 4 rings (SSSR count). The lowest BCUT2D eigenvalue weighted by molar-refractivity contribution is -0.127. The number of hydrogen-bond donors (Lipinski definition) is 1. The van der Waals surface area contributed by atoms with Gasteiger partial charge in [-0.05, 0) is 37.5 Å². The number of hydrogen-bond acceptors (Lipinski definition) is 6. The van der Waals surface area contributed by atoms with E-state index in [-0.39, 0.29) is 24.5 Å². The number of sulfonamides is 1. The molecule has 2 fully saturated rings. The predicted molar refractivity (Wildman–Crippen MR) is 125 cm³/mol. The van der Waals surface area contributed by atoms with Crippen LogP contribution in [-0.2, 0) is 26.1 Å². The van der Waals surface area contributed by atoms with Crippen molar-refractivity contribution < 1.29 is 17.9 Å². The second kappa shape index (κ2) is 10.4. The van der Waals surface area contributed by atoms with Gasteiger partial charge in [-0.15, -0.1) is 11.3 Å². The van der Waals surface area contributed by atoms with Gasteiger partial charge < -0.3 is 10.1 Å². The lowest BCUT2D eigenvalue weighted by Gasteiger charge is -2.34. The first-order chi connectivity index (χ1) is 15.4. The molecule has 1 aromatic heterocycles. The fraction of sp³-hybridized carbons (Fsp3) is 0.522. The first-order valence-electron chi connectivity index (χ1n) is 11.1. The normalized spacial score (nSPS) is 23.2. The summed E-state index contributed by atoms with van der Waals surface area (Å²) in [6.07, 6.45) is 1.33. The molecule has 2 saturated heterocycles. The van der Waals surface area contributed by atoms with E-state index in [2.05, 4.69) is 22.3 Å². The summed E-state index contributed by atoms with van der Waals surface area (Å²) in [6, 6.07) is 13.8. The molecule has 0 saturated carbocycles. The fourth-order valence-corrected chi connectivity index (χ4v) is 7.26. The first-order valence-corrected chi connectivity index (χ1v) is 13.4. The number of thiophene rings is 1. The van der Waals surface area contributed by atoms with Crippen LogP contribution in [0, 0.1) is 12.8 Å². The van der Waals surface area contributed by atoms with E-state index in [9.17, 15) is 13.2 Å². The Hall–Kier alpha value is -1.78. The van der Waals surface area contributed by atoms with Crippen LogP contribution in [0.4, 0.5) is 0 Å². The Bertz CT molecular complexity index is 1010. The van der Waals surface area contributed by atoms with E-state index in [0.717, 1.165) is 24.5 Å². The Kier molecular flexibility index (Phi) is 7.63. The first kappa shape index (κ1) is 23.4. The van der Waals surface area contributed by atoms with Gasteiger partial charge in [0.25, 0.3) is 10.0 Å². The van der Waals surface area contributed by atoms with Crippen LogP contribution in [0.15, 0.2) is 46.7 Å². The smallest absolute Gasteiger partial charge is 0.252 e. The zero-order valence-corrected chi connectivity index (χ0v) is 20.0. The van der Waals surface area contributed by atoms with Crippen molar-refractivity contribution in [3.8, 4) is 0 Å². The highest BCUT2D eigenvalue weighted by Gasteiger charge is 2.34. The summed E-state index contributed by atoms with van der Waals surface area (Å²) in [5.74, 6) is -0.417. The molecule has 2 atom stereocenters. The summed E-state index contributed by atoms with van der Waals surface area (Å²) < 4.78 is 33.6. The molecule has 1 N–H and O–H groups in total. The SMILES string of the molecule is Cc1ccc(S(=O)(=O)N2CCCC(C(=O)NCC3CN(Cc4ccccc4)CCO3)C2)s1. The maximum Gasteiger partial charge on any atom is 0.252 e. The van der Waals surface area contributed by atoms with Crippen molar-refractivity contribution in [2.75, 3.05) is 39.3 Å². The molecule has 0 bridgehead atoms. The van der Waals surface area contributed by atoms with Crippen LogP contribution in [0.2, 0.25) is 0 Å². The average Bonchev–Trinajstić information content (AvgIpc) is 3.26. The average molecular weight is 478 g/mol. The number of morpholine rings is 1. The van der Waals surface area contributed by atoms with E-state index in [0.29, 0.717) is 36.7 Å². The van der Waals surface area contributed by atoms with Crippen molar-refractivity contribution in [2.45, 2.75) is 36.6 Å². The monoisotopic (exact) mass is 477 g/mol. The lowest BCUT2D eigenvalue weighted by Crippen LogP contribution is -2.50. The number of aryl methyl sites for hydroxylation is 1. The van der Waals surface area contributed by atoms with Crippen LogP contribution >= 0.6 is 11.3 Å². The van der Waals surface area contributed by atoms with Crippen LogP contribution < -0.4 is 5.32 Å². The molecule has 1 amide bonds. The van der Waals surface area contributed by atoms with Crippen molar-refractivity contribution in [1.29, 1.82) is 0 Å². The minimum Gasteiger partial charge on any atom is -0.374 e. The van der Waals surface area contributed by atoms with Gasteiger partial charge in [0, 0.05) is 44.1 Å². The number of nitrogens with zero attached hydrogens (tertiary/aromatic N) is 2. The highest BCUT2D eigenvalue weighted by Crippen LogP contribution is 2.28. The van der Waals surface area contributed by atoms with Crippen LogP contribution in [0.1, 0.15) is 23.3 Å². The molecule has 2 aliphatic heterocycles. The van der Waals surface area contributed by atoms with E-state index in [1.165, 1.54) is 21.2 Å². The van der Waals surface area contributed by atoms with E-state index < -0.39 is 10.0 Å². The van der Waals surface area contributed by atoms with Crippen LogP contribution in [-0.4, -0.2) is 69.0 Å². The second-order valence-electron chi connectivity index (χ2n) is 8.53. The maximum atomic E-state index is 12.9. The molecule has 0 radical (unpaired) electrons. The minimum absolute atomic E-state index is 0.0612. The Balaban J connectivity index is 1.28. The quantitative estimate of drug-likeness (QED) is 0.663. The molecular formula is C23H31N3O4S2. The molecule has 32 heavy (non-hydrogen) atoms. The van der Waals surface area contributed by atoms with E-state index in [1.54, 1.807) is 6.07 Å². The highest BCUT2D eigenvalue weighted by molar-refractivity contribution is 7.91. The van der Waals surface area contributed by atoms with Crippen LogP contribution in [0.5, 0.6) is 0 Å².